The summed E-state index contributed by atoms with van der Waals surface area (Å²) in [5.74, 6) is 15.6. The largest absolute Gasteiger partial charge is 0.351 e. The molecule has 6 heteroatoms. The fourth-order valence-electron chi connectivity index (χ4n) is 17.1. The number of rotatable bonds is 4. The van der Waals surface area contributed by atoms with Crippen LogP contribution in [-0.2, 0) is 0 Å². The maximum Gasteiger partial charge on any atom is 0.216 e. The highest BCUT2D eigenvalue weighted by Crippen LogP contribution is 2.68. The molecule has 0 aromatic rings. The summed E-state index contributed by atoms with van der Waals surface area (Å²) in [6.45, 7) is 15.1. The lowest BCUT2D eigenvalue weighted by molar-refractivity contribution is -0.149. The molecule has 48 heavy (non-hydrogen) atoms. The van der Waals surface area contributed by atoms with Crippen molar-refractivity contribution in [1.82, 2.24) is 15.2 Å². The van der Waals surface area contributed by atoms with E-state index in [1.165, 1.54) is 116 Å². The number of guanidine groups is 2. The minimum absolute atomic E-state index is 0.112. The molecule has 0 saturated heterocycles. The third kappa shape index (κ3) is 3.97. The van der Waals surface area contributed by atoms with E-state index in [9.17, 15) is 5.41 Å². The van der Waals surface area contributed by atoms with Crippen molar-refractivity contribution in [2.75, 3.05) is 0 Å². The second-order valence-corrected chi connectivity index (χ2v) is 22.2. The van der Waals surface area contributed by atoms with Gasteiger partial charge in [0.05, 0.1) is 6.04 Å². The first-order valence-corrected chi connectivity index (χ1v) is 20.9. The van der Waals surface area contributed by atoms with Gasteiger partial charge in [0.25, 0.3) is 0 Å². The van der Waals surface area contributed by atoms with Crippen LogP contribution in [0.15, 0.2) is 4.99 Å². The Morgan fingerprint density at radius 3 is 1.40 bits per heavy atom. The van der Waals surface area contributed by atoms with Crippen molar-refractivity contribution in [3.8, 4) is 0 Å². The van der Waals surface area contributed by atoms with E-state index >= 15 is 0 Å². The van der Waals surface area contributed by atoms with E-state index < -0.39 is 0 Å². The van der Waals surface area contributed by atoms with Crippen LogP contribution < -0.4 is 11.2 Å². The van der Waals surface area contributed by atoms with Crippen LogP contribution in [0.2, 0.25) is 0 Å². The lowest BCUT2D eigenvalue weighted by atomic mass is 9.48. The molecule has 12 aliphatic rings. The lowest BCUT2D eigenvalue weighted by Crippen LogP contribution is -2.74. The summed E-state index contributed by atoms with van der Waals surface area (Å²) in [6.07, 6.45) is 24.0. The molecule has 0 heterocycles. The Bertz CT molecular complexity index is 1300. The molecular weight excluding hydrogens is 589 g/mol. The molecule has 0 amide bonds. The highest BCUT2D eigenvalue weighted by Gasteiger charge is 2.65. The average Bonchev–Trinajstić information content (AvgIpc) is 3.51. The van der Waals surface area contributed by atoms with Crippen LogP contribution in [0.4, 0.5) is 0 Å². The molecule has 0 aromatic carbocycles. The molecule has 12 fully saturated rings. The van der Waals surface area contributed by atoms with Gasteiger partial charge in [-0.25, -0.2) is 15.8 Å². The summed E-state index contributed by atoms with van der Waals surface area (Å²) in [5, 5.41) is 16.5. The highest BCUT2D eigenvalue weighted by molar-refractivity contribution is 5.97. The van der Waals surface area contributed by atoms with Gasteiger partial charge in [0.15, 0.2) is 0 Å². The van der Waals surface area contributed by atoms with Crippen molar-refractivity contribution < 1.29 is 0 Å². The number of aliphatic imine (C=N–C) groups is 1. The highest BCUT2D eigenvalue weighted by atomic mass is 15.6. The Hall–Kier alpha value is -1.30. The molecule has 266 valence electrons. The second kappa shape index (κ2) is 9.77. The fourth-order valence-corrected chi connectivity index (χ4v) is 17.1. The van der Waals surface area contributed by atoms with Crippen LogP contribution >= 0.6 is 0 Å². The molecule has 0 aliphatic heterocycles. The van der Waals surface area contributed by atoms with Crippen molar-refractivity contribution in [2.24, 2.45) is 79.8 Å². The van der Waals surface area contributed by atoms with Crippen molar-refractivity contribution in [3.63, 3.8) is 0 Å². The topological polar surface area (TPSA) is 80.7 Å². The van der Waals surface area contributed by atoms with Crippen molar-refractivity contribution in [1.29, 1.82) is 5.41 Å². The van der Waals surface area contributed by atoms with E-state index in [0.29, 0.717) is 22.8 Å². The van der Waals surface area contributed by atoms with Crippen LogP contribution in [0.5, 0.6) is 0 Å². The molecule has 0 spiro atoms. The van der Waals surface area contributed by atoms with E-state index in [1.54, 1.807) is 0 Å². The van der Waals surface area contributed by atoms with Crippen LogP contribution in [0.25, 0.3) is 0 Å². The second-order valence-electron chi connectivity index (χ2n) is 22.2. The summed E-state index contributed by atoms with van der Waals surface area (Å²) in [5.41, 5.74) is 1.24. The van der Waals surface area contributed by atoms with Crippen molar-refractivity contribution >= 4 is 11.9 Å². The number of fused-ring (bicyclic) bond motifs is 4. The molecule has 6 unspecified atom stereocenters. The number of nitrogens with zero attached hydrogens (tertiary/aromatic N) is 3. The van der Waals surface area contributed by atoms with Crippen molar-refractivity contribution in [3.05, 3.63) is 0 Å². The smallest absolute Gasteiger partial charge is 0.216 e. The van der Waals surface area contributed by atoms with Gasteiger partial charge in [-0.15, -0.1) is 0 Å². The van der Waals surface area contributed by atoms with Gasteiger partial charge in [0.2, 0.25) is 11.9 Å². The van der Waals surface area contributed by atoms with Crippen LogP contribution in [-0.4, -0.2) is 45.0 Å². The Labute approximate surface area is 292 Å². The monoisotopic (exact) mass is 657 g/mol. The Morgan fingerprint density at radius 1 is 0.625 bits per heavy atom. The summed E-state index contributed by atoms with van der Waals surface area (Å²) in [7, 11) is 0. The van der Waals surface area contributed by atoms with Crippen LogP contribution in [0, 0.1) is 74.4 Å². The van der Waals surface area contributed by atoms with E-state index in [2.05, 4.69) is 51.8 Å². The fraction of sp³-hybridized carbons (Fsp3) is 0.952. The number of hydrogen-bond acceptors (Lipinski definition) is 3. The van der Waals surface area contributed by atoms with Crippen LogP contribution in [0.3, 0.4) is 0 Å². The Morgan fingerprint density at radius 2 is 1.04 bits per heavy atom. The quantitative estimate of drug-likeness (QED) is 0.122. The van der Waals surface area contributed by atoms with E-state index in [4.69, 9.17) is 10.8 Å². The van der Waals surface area contributed by atoms with Gasteiger partial charge in [0.1, 0.15) is 0 Å². The van der Waals surface area contributed by atoms with Gasteiger partial charge >= 0.3 is 0 Å². The molecule has 0 aromatic heterocycles. The first-order valence-electron chi connectivity index (χ1n) is 20.9. The minimum atomic E-state index is 0.112. The zero-order valence-electron chi connectivity index (χ0n) is 31.4. The summed E-state index contributed by atoms with van der Waals surface area (Å²) >= 11 is 0. The van der Waals surface area contributed by atoms with Gasteiger partial charge in [-0.3, -0.25) is 5.41 Å². The summed E-state index contributed by atoms with van der Waals surface area (Å²) < 4.78 is 0. The first-order chi connectivity index (χ1) is 22.6. The Kier molecular flexibility index (Phi) is 6.40. The predicted octanol–water partition coefficient (Wildman–Crippen LogP) is 8.71. The minimum Gasteiger partial charge on any atom is -0.351 e. The maximum atomic E-state index is 10.5. The molecule has 12 saturated carbocycles. The van der Waals surface area contributed by atoms with Gasteiger partial charge in [-0.2, -0.15) is 0 Å². The van der Waals surface area contributed by atoms with E-state index in [-0.39, 0.29) is 27.9 Å². The maximum absolute atomic E-state index is 10.5. The van der Waals surface area contributed by atoms with E-state index in [0.717, 1.165) is 53.3 Å². The average molecular weight is 657 g/mol. The Balaban J connectivity index is 1.05. The van der Waals surface area contributed by atoms with Gasteiger partial charge < -0.3 is 10.2 Å². The first kappa shape index (κ1) is 31.4. The third-order valence-electron chi connectivity index (χ3n) is 19.8. The normalized spacial score (nSPS) is 54.4. The van der Waals surface area contributed by atoms with Crippen molar-refractivity contribution in [2.45, 2.75) is 180 Å². The SMILES string of the molecule is CC1(C)C2CCC1(C)C(N=C(NC1CC3CCC1(C)C3(C)C)N(N)C(=N)N(C13CC4CC(CC(C4)C1)C3)C13CC4CC(CC(C4)C1)C3)C2. The van der Waals surface area contributed by atoms with Gasteiger partial charge in [-0.05, 0) is 185 Å². The molecule has 12 rings (SSSR count). The molecule has 0 radical (unpaired) electrons. The standard InChI is InChI=1S/C42H68N6/c1-37(2)31-7-9-39(37,5)33(17-31)45-36(46-34-18-32-8-10-40(34,6)38(32,3)4)47(44)35(43)48(41-19-25-11-26(20-41)13-27(12-25)21-41)42-22-28-14-29(23-42)16-30(15-28)24-42/h25-34,43H,7-24,44H2,1-6H3,(H,45,46). The zero-order valence-corrected chi connectivity index (χ0v) is 31.4. The molecule has 12 bridgehead atoms. The third-order valence-corrected chi connectivity index (χ3v) is 19.8. The van der Waals surface area contributed by atoms with E-state index in [1.807, 2.05) is 5.01 Å². The lowest BCUT2D eigenvalue weighted by Gasteiger charge is -2.69. The molecule has 12 aliphatic carbocycles. The molecule has 6 nitrogen and oxygen atoms in total. The van der Waals surface area contributed by atoms with Gasteiger partial charge in [-0.1, -0.05) is 41.5 Å². The number of hydrogen-bond donors (Lipinski definition) is 3. The number of nitrogens with two attached hydrogens (primary N) is 1. The molecular formula is C42H68N6. The summed E-state index contributed by atoms with van der Waals surface area (Å²) in [6, 6.07) is 0.621. The summed E-state index contributed by atoms with van der Waals surface area (Å²) in [4.78, 5) is 8.61. The predicted molar refractivity (Wildman–Crippen MR) is 194 cm³/mol. The van der Waals surface area contributed by atoms with Gasteiger partial charge in [0, 0.05) is 17.1 Å². The number of hydrazine groups is 1. The zero-order chi connectivity index (χ0) is 33.2. The van der Waals surface area contributed by atoms with Crippen LogP contribution in [0.1, 0.15) is 157 Å². The molecule has 6 atom stereocenters. The number of nitrogens with one attached hydrogen (secondary N) is 2. The molecule has 4 N–H and O–H groups in total.